The van der Waals surface area contributed by atoms with Gasteiger partial charge in [-0.1, -0.05) is 23.2 Å². The van der Waals surface area contributed by atoms with E-state index in [1.165, 1.54) is 16.2 Å². The molecule has 4 nitrogen and oxygen atoms in total. The lowest BCUT2D eigenvalue weighted by Crippen LogP contribution is -2.21. The molecule has 1 heterocycles. The van der Waals surface area contributed by atoms with E-state index in [4.69, 9.17) is 28.5 Å². The molecule has 0 aliphatic heterocycles. The summed E-state index contributed by atoms with van der Waals surface area (Å²) in [4.78, 5) is 11.9. The summed E-state index contributed by atoms with van der Waals surface area (Å²) in [6, 6.07) is 8.52. The van der Waals surface area contributed by atoms with Crippen LogP contribution in [0.25, 0.3) is 5.69 Å². The molecule has 1 aromatic heterocycles. The normalized spacial score (nSPS) is 10.2. The maximum atomic E-state index is 11.9. The number of nitriles is 1. The Kier molecular flexibility index (Phi) is 2.97. The monoisotopic (exact) mass is 267 g/mol. The highest BCUT2D eigenvalue weighted by Crippen LogP contribution is 2.19. The summed E-state index contributed by atoms with van der Waals surface area (Å²) in [7, 11) is 1.50. The number of halogens is 2. The van der Waals surface area contributed by atoms with Crippen molar-refractivity contribution in [2.24, 2.45) is 7.05 Å². The van der Waals surface area contributed by atoms with Gasteiger partial charge in [0.25, 0.3) is 0 Å². The van der Waals surface area contributed by atoms with Crippen LogP contribution >= 0.6 is 23.2 Å². The van der Waals surface area contributed by atoms with Crippen LogP contribution in [-0.2, 0) is 7.05 Å². The van der Waals surface area contributed by atoms with E-state index in [2.05, 4.69) is 0 Å². The Morgan fingerprint density at radius 1 is 1.24 bits per heavy atom. The van der Waals surface area contributed by atoms with Gasteiger partial charge in [0, 0.05) is 12.1 Å². The first-order chi connectivity index (χ1) is 8.06. The Hall–Kier alpha value is -1.70. The molecule has 0 fully saturated rings. The predicted molar refractivity (Wildman–Crippen MR) is 65.7 cm³/mol. The van der Waals surface area contributed by atoms with Crippen LogP contribution in [0.4, 0.5) is 0 Å². The molecule has 2 rings (SSSR count). The van der Waals surface area contributed by atoms with Gasteiger partial charge in [-0.2, -0.15) is 5.26 Å². The minimum absolute atomic E-state index is 0.0994. The Morgan fingerprint density at radius 3 is 2.29 bits per heavy atom. The van der Waals surface area contributed by atoms with E-state index in [-0.39, 0.29) is 16.5 Å². The van der Waals surface area contributed by atoms with E-state index in [9.17, 15) is 4.79 Å². The molecule has 17 heavy (non-hydrogen) atoms. The summed E-state index contributed by atoms with van der Waals surface area (Å²) in [5.41, 5.74) is 0.335. The number of hydrogen-bond acceptors (Lipinski definition) is 2. The van der Waals surface area contributed by atoms with Gasteiger partial charge in [0.15, 0.2) is 10.8 Å². The number of aromatic nitrogens is 2. The molecule has 0 unspecified atom stereocenters. The van der Waals surface area contributed by atoms with Crippen LogP contribution in [0.1, 0.15) is 5.69 Å². The summed E-state index contributed by atoms with van der Waals surface area (Å²) in [5, 5.41) is 9.56. The Balaban J connectivity index is 2.73. The van der Waals surface area contributed by atoms with Gasteiger partial charge < -0.3 is 0 Å². The third kappa shape index (κ3) is 1.84. The van der Waals surface area contributed by atoms with Crippen molar-refractivity contribution in [3.8, 4) is 11.8 Å². The second-order valence-corrected chi connectivity index (χ2v) is 4.20. The zero-order chi connectivity index (χ0) is 12.6. The molecule has 2 aromatic rings. The highest BCUT2D eigenvalue weighted by molar-refractivity contribution is 6.31. The molecule has 0 saturated heterocycles. The first-order valence-corrected chi connectivity index (χ1v) is 5.45. The average molecular weight is 268 g/mol. The smallest absolute Gasteiger partial charge is 0.285 e. The van der Waals surface area contributed by atoms with E-state index < -0.39 is 0 Å². The molecular formula is C11H7Cl2N3O. The van der Waals surface area contributed by atoms with Crippen LogP contribution < -0.4 is 5.69 Å². The standard InChI is InChI=1S/C11H7Cl2N3O/c1-15-9(6-14)10(13)16(11(15)17)8-4-2-7(12)3-5-8/h2-5H,1H3. The first-order valence-electron chi connectivity index (χ1n) is 4.69. The van der Waals surface area contributed by atoms with Gasteiger partial charge in [-0.25, -0.2) is 9.36 Å². The Labute approximate surface area is 107 Å². The molecule has 0 bridgehead atoms. The third-order valence-corrected chi connectivity index (χ3v) is 3.00. The van der Waals surface area contributed by atoms with Gasteiger partial charge in [0.05, 0.1) is 5.69 Å². The lowest BCUT2D eigenvalue weighted by atomic mass is 10.3. The van der Waals surface area contributed by atoms with Gasteiger partial charge in [-0.3, -0.25) is 4.57 Å². The van der Waals surface area contributed by atoms with Crippen molar-refractivity contribution in [2.45, 2.75) is 0 Å². The minimum atomic E-state index is -0.367. The quantitative estimate of drug-likeness (QED) is 0.797. The maximum Gasteiger partial charge on any atom is 0.334 e. The molecule has 1 aromatic carbocycles. The fourth-order valence-corrected chi connectivity index (χ4v) is 1.97. The molecule has 0 radical (unpaired) electrons. The lowest BCUT2D eigenvalue weighted by Gasteiger charge is -2.02. The van der Waals surface area contributed by atoms with Gasteiger partial charge in [-0.15, -0.1) is 0 Å². The summed E-state index contributed by atoms with van der Waals surface area (Å²) in [6.07, 6.45) is 0. The van der Waals surface area contributed by atoms with Crippen molar-refractivity contribution >= 4 is 23.2 Å². The van der Waals surface area contributed by atoms with Crippen LogP contribution in [0.15, 0.2) is 29.1 Å². The highest BCUT2D eigenvalue weighted by atomic mass is 35.5. The van der Waals surface area contributed by atoms with Crippen molar-refractivity contribution in [1.82, 2.24) is 9.13 Å². The number of benzene rings is 1. The van der Waals surface area contributed by atoms with Gasteiger partial charge in [0.2, 0.25) is 0 Å². The fourth-order valence-electron chi connectivity index (χ4n) is 1.51. The minimum Gasteiger partial charge on any atom is -0.285 e. The van der Waals surface area contributed by atoms with Crippen molar-refractivity contribution in [2.75, 3.05) is 0 Å². The molecule has 0 aliphatic rings. The Morgan fingerprint density at radius 2 is 1.82 bits per heavy atom. The van der Waals surface area contributed by atoms with Crippen molar-refractivity contribution < 1.29 is 0 Å². The molecule has 0 saturated carbocycles. The Bertz CT molecular complexity index is 662. The van der Waals surface area contributed by atoms with E-state index >= 15 is 0 Å². The lowest BCUT2D eigenvalue weighted by molar-refractivity contribution is 0.815. The molecular weight excluding hydrogens is 261 g/mol. The second kappa shape index (κ2) is 4.28. The van der Waals surface area contributed by atoms with Crippen molar-refractivity contribution in [3.05, 3.63) is 50.6 Å². The molecule has 86 valence electrons. The largest absolute Gasteiger partial charge is 0.334 e. The summed E-state index contributed by atoms with van der Waals surface area (Å²) in [6.45, 7) is 0. The second-order valence-electron chi connectivity index (χ2n) is 3.40. The van der Waals surface area contributed by atoms with Crippen molar-refractivity contribution in [1.29, 1.82) is 5.26 Å². The average Bonchev–Trinajstić information content (AvgIpc) is 2.52. The van der Waals surface area contributed by atoms with Gasteiger partial charge in [-0.05, 0) is 24.3 Å². The van der Waals surface area contributed by atoms with E-state index in [0.29, 0.717) is 10.7 Å². The highest BCUT2D eigenvalue weighted by Gasteiger charge is 2.16. The topological polar surface area (TPSA) is 50.7 Å². The third-order valence-electron chi connectivity index (χ3n) is 2.40. The summed E-state index contributed by atoms with van der Waals surface area (Å²) in [5.74, 6) is 0. The van der Waals surface area contributed by atoms with E-state index in [1.54, 1.807) is 24.3 Å². The molecule has 6 heteroatoms. The van der Waals surface area contributed by atoms with E-state index in [1.807, 2.05) is 6.07 Å². The number of imidazole rings is 1. The summed E-state index contributed by atoms with van der Waals surface area (Å²) >= 11 is 11.8. The van der Waals surface area contributed by atoms with Gasteiger partial charge in [0.1, 0.15) is 6.07 Å². The fraction of sp³-hybridized carbons (Fsp3) is 0.0909. The number of rotatable bonds is 1. The van der Waals surface area contributed by atoms with Crippen molar-refractivity contribution in [3.63, 3.8) is 0 Å². The maximum absolute atomic E-state index is 11.9. The predicted octanol–water partition coefficient (Wildman–Crippen LogP) is 2.35. The van der Waals surface area contributed by atoms with Crippen LogP contribution in [0.3, 0.4) is 0 Å². The van der Waals surface area contributed by atoms with Crippen LogP contribution in [0.2, 0.25) is 10.2 Å². The molecule has 0 amide bonds. The number of nitrogens with zero attached hydrogens (tertiary/aromatic N) is 3. The molecule has 0 N–H and O–H groups in total. The molecule has 0 atom stereocenters. The first kappa shape index (κ1) is 11.8. The summed E-state index contributed by atoms with van der Waals surface area (Å²) < 4.78 is 2.47. The van der Waals surface area contributed by atoms with Crippen LogP contribution in [-0.4, -0.2) is 9.13 Å². The van der Waals surface area contributed by atoms with Crippen LogP contribution in [0.5, 0.6) is 0 Å². The van der Waals surface area contributed by atoms with Crippen LogP contribution in [0, 0.1) is 11.3 Å². The molecule has 0 spiro atoms. The van der Waals surface area contributed by atoms with Gasteiger partial charge >= 0.3 is 5.69 Å². The SMILES string of the molecule is Cn1c(C#N)c(Cl)n(-c2ccc(Cl)cc2)c1=O. The molecule has 0 aliphatic carbocycles. The van der Waals surface area contributed by atoms with E-state index in [0.717, 1.165) is 0 Å². The number of hydrogen-bond donors (Lipinski definition) is 0. The zero-order valence-electron chi connectivity index (χ0n) is 8.82. The zero-order valence-corrected chi connectivity index (χ0v) is 10.3.